The number of nitrogens with zero attached hydrogens (tertiary/aromatic N) is 2. The van der Waals surface area contributed by atoms with Crippen molar-refractivity contribution < 1.29 is 24.2 Å². The minimum atomic E-state index is -0.706. The van der Waals surface area contributed by atoms with Crippen LogP contribution in [0.25, 0.3) is 0 Å². The normalized spacial score (nSPS) is 16.0. The van der Waals surface area contributed by atoms with E-state index in [0.29, 0.717) is 36.4 Å². The van der Waals surface area contributed by atoms with Crippen molar-refractivity contribution in [3.63, 3.8) is 0 Å². The van der Waals surface area contributed by atoms with E-state index in [1.54, 1.807) is 30.1 Å². The van der Waals surface area contributed by atoms with Crippen molar-refractivity contribution in [2.24, 2.45) is 5.92 Å². The fourth-order valence-corrected chi connectivity index (χ4v) is 3.83. The van der Waals surface area contributed by atoms with Gasteiger partial charge in [0.1, 0.15) is 0 Å². The predicted molar refractivity (Wildman–Crippen MR) is 107 cm³/mol. The molecule has 1 fully saturated rings. The highest BCUT2D eigenvalue weighted by Crippen LogP contribution is 2.33. The number of hydrogen-bond donors (Lipinski definition) is 1. The lowest BCUT2D eigenvalue weighted by Crippen LogP contribution is -2.36. The quantitative estimate of drug-likeness (QED) is 0.837. The van der Waals surface area contributed by atoms with Gasteiger partial charge in [0.05, 0.1) is 5.92 Å². The smallest absolute Gasteiger partial charge is 0.306 e. The highest BCUT2D eigenvalue weighted by molar-refractivity contribution is 5.94. The molecule has 0 atom stereocenters. The van der Waals surface area contributed by atoms with Crippen LogP contribution in [0.4, 0.5) is 5.69 Å². The van der Waals surface area contributed by atoms with Gasteiger partial charge in [0.25, 0.3) is 5.91 Å². The van der Waals surface area contributed by atoms with Crippen molar-refractivity contribution in [3.8, 4) is 11.5 Å². The third-order valence-corrected chi connectivity index (χ3v) is 5.51. The fourth-order valence-electron chi connectivity index (χ4n) is 3.83. The molecule has 2 heterocycles. The zero-order valence-electron chi connectivity index (χ0n) is 16.3. The van der Waals surface area contributed by atoms with Crippen molar-refractivity contribution in [3.05, 3.63) is 53.6 Å². The summed E-state index contributed by atoms with van der Waals surface area (Å²) < 4.78 is 10.7. The highest BCUT2D eigenvalue weighted by Gasteiger charge is 2.25. The number of carbonyl (C=O) groups is 2. The zero-order valence-corrected chi connectivity index (χ0v) is 16.3. The van der Waals surface area contributed by atoms with Gasteiger partial charge in [0, 0.05) is 37.9 Å². The van der Waals surface area contributed by atoms with Crippen molar-refractivity contribution in [2.45, 2.75) is 19.4 Å². The van der Waals surface area contributed by atoms with Gasteiger partial charge in [-0.05, 0) is 48.7 Å². The first-order chi connectivity index (χ1) is 14.0. The summed E-state index contributed by atoms with van der Waals surface area (Å²) in [5.74, 6) is 0.206. The summed E-state index contributed by atoms with van der Waals surface area (Å²) in [6.45, 7) is 2.12. The molecule has 7 nitrogen and oxygen atoms in total. The summed E-state index contributed by atoms with van der Waals surface area (Å²) in [4.78, 5) is 27.8. The average Bonchev–Trinajstić information content (AvgIpc) is 3.21. The number of aliphatic carboxylic acids is 1. The monoisotopic (exact) mass is 396 g/mol. The lowest BCUT2D eigenvalue weighted by Gasteiger charge is -2.32. The molecule has 2 aromatic carbocycles. The standard InChI is InChI=1S/C22H24N2O5/c1-23(21(25)17-5-6-19-20(12-17)29-14-28-19)13-15-3-2-4-18(11-15)24-9-7-16(8-10-24)22(26)27/h2-6,11-12,16H,7-10,13-14H2,1H3,(H,26,27). The number of rotatable bonds is 5. The number of fused-ring (bicyclic) bond motifs is 1. The molecule has 0 bridgehead atoms. The summed E-state index contributed by atoms with van der Waals surface area (Å²) in [6.07, 6.45) is 1.31. The van der Waals surface area contributed by atoms with Crippen LogP contribution in [0.2, 0.25) is 0 Å². The molecule has 4 rings (SSSR count). The van der Waals surface area contributed by atoms with Gasteiger partial charge in [-0.1, -0.05) is 12.1 Å². The van der Waals surface area contributed by atoms with Gasteiger partial charge in [0.15, 0.2) is 11.5 Å². The van der Waals surface area contributed by atoms with E-state index in [1.165, 1.54) is 0 Å². The summed E-state index contributed by atoms with van der Waals surface area (Å²) in [5.41, 5.74) is 2.65. The molecule has 7 heteroatoms. The third kappa shape index (κ3) is 4.13. The Labute approximate surface area is 169 Å². The van der Waals surface area contributed by atoms with E-state index >= 15 is 0 Å². The van der Waals surface area contributed by atoms with Crippen molar-refractivity contribution >= 4 is 17.6 Å². The molecule has 0 unspecified atom stereocenters. The number of carboxylic acid groups (broad SMARTS) is 1. The van der Waals surface area contributed by atoms with Crippen molar-refractivity contribution in [1.29, 1.82) is 0 Å². The number of piperidine rings is 1. The number of benzene rings is 2. The van der Waals surface area contributed by atoms with Crippen molar-refractivity contribution in [1.82, 2.24) is 4.90 Å². The molecular weight excluding hydrogens is 372 g/mol. The molecular formula is C22H24N2O5. The average molecular weight is 396 g/mol. The molecule has 2 aliphatic heterocycles. The largest absolute Gasteiger partial charge is 0.481 e. The van der Waals surface area contributed by atoms with Crippen LogP contribution in [-0.4, -0.2) is 48.8 Å². The van der Waals surface area contributed by atoms with E-state index in [4.69, 9.17) is 14.6 Å². The van der Waals surface area contributed by atoms with Gasteiger partial charge in [-0.25, -0.2) is 0 Å². The fraction of sp³-hybridized carbons (Fsp3) is 0.364. The maximum absolute atomic E-state index is 12.8. The lowest BCUT2D eigenvalue weighted by molar-refractivity contribution is -0.142. The first kappa shape index (κ1) is 19.1. The molecule has 2 aromatic rings. The van der Waals surface area contributed by atoms with Gasteiger partial charge in [-0.3, -0.25) is 9.59 Å². The van der Waals surface area contributed by atoms with Gasteiger partial charge >= 0.3 is 5.97 Å². The number of ether oxygens (including phenoxy) is 2. The number of anilines is 1. The van der Waals surface area contributed by atoms with Crippen LogP contribution in [0.1, 0.15) is 28.8 Å². The Balaban J connectivity index is 1.41. The Bertz CT molecular complexity index is 921. The summed E-state index contributed by atoms with van der Waals surface area (Å²) in [5, 5.41) is 9.17. The summed E-state index contributed by atoms with van der Waals surface area (Å²) in [6, 6.07) is 13.3. The number of carboxylic acids is 1. The van der Waals surface area contributed by atoms with Crippen LogP contribution in [-0.2, 0) is 11.3 Å². The molecule has 29 heavy (non-hydrogen) atoms. The molecule has 0 spiro atoms. The second-order valence-corrected chi connectivity index (χ2v) is 7.50. The SMILES string of the molecule is CN(Cc1cccc(N2CCC(C(=O)O)CC2)c1)C(=O)c1ccc2c(c1)OCO2. The van der Waals surface area contributed by atoms with E-state index in [-0.39, 0.29) is 18.6 Å². The first-order valence-electron chi connectivity index (χ1n) is 9.73. The third-order valence-electron chi connectivity index (χ3n) is 5.51. The number of carbonyl (C=O) groups excluding carboxylic acids is 1. The minimum Gasteiger partial charge on any atom is -0.481 e. The molecule has 1 amide bonds. The Kier molecular flexibility index (Phi) is 5.29. The van der Waals surface area contributed by atoms with Crippen LogP contribution in [0.5, 0.6) is 11.5 Å². The van der Waals surface area contributed by atoms with Gasteiger partial charge < -0.3 is 24.4 Å². The van der Waals surface area contributed by atoms with Gasteiger partial charge in [0.2, 0.25) is 6.79 Å². The van der Waals surface area contributed by atoms with E-state index in [0.717, 1.165) is 24.3 Å². The van der Waals surface area contributed by atoms with Gasteiger partial charge in [-0.2, -0.15) is 0 Å². The minimum absolute atomic E-state index is 0.0871. The van der Waals surface area contributed by atoms with E-state index in [9.17, 15) is 9.59 Å². The number of hydrogen-bond acceptors (Lipinski definition) is 5. The number of amides is 1. The van der Waals surface area contributed by atoms with Gasteiger partial charge in [-0.15, -0.1) is 0 Å². The van der Waals surface area contributed by atoms with Crippen LogP contribution in [0.3, 0.4) is 0 Å². The van der Waals surface area contributed by atoms with Crippen LogP contribution >= 0.6 is 0 Å². The second kappa shape index (κ2) is 8.03. The summed E-state index contributed by atoms with van der Waals surface area (Å²) in [7, 11) is 1.78. The summed E-state index contributed by atoms with van der Waals surface area (Å²) >= 11 is 0. The Morgan fingerprint density at radius 3 is 2.62 bits per heavy atom. The Morgan fingerprint density at radius 2 is 1.86 bits per heavy atom. The lowest BCUT2D eigenvalue weighted by atomic mass is 9.96. The molecule has 1 saturated heterocycles. The zero-order chi connectivity index (χ0) is 20.4. The van der Waals surface area contributed by atoms with E-state index < -0.39 is 5.97 Å². The molecule has 0 aliphatic carbocycles. The van der Waals surface area contributed by atoms with E-state index in [2.05, 4.69) is 11.0 Å². The second-order valence-electron chi connectivity index (χ2n) is 7.50. The topological polar surface area (TPSA) is 79.3 Å². The molecule has 0 radical (unpaired) electrons. The van der Waals surface area contributed by atoms with Crippen LogP contribution < -0.4 is 14.4 Å². The molecule has 0 saturated carbocycles. The maximum Gasteiger partial charge on any atom is 0.306 e. The predicted octanol–water partition coefficient (Wildman–Crippen LogP) is 2.99. The Morgan fingerprint density at radius 1 is 1.10 bits per heavy atom. The maximum atomic E-state index is 12.8. The molecule has 2 aliphatic rings. The van der Waals surface area contributed by atoms with Crippen LogP contribution in [0, 0.1) is 5.92 Å². The van der Waals surface area contributed by atoms with Crippen molar-refractivity contribution in [2.75, 3.05) is 31.8 Å². The van der Waals surface area contributed by atoms with Crippen LogP contribution in [0.15, 0.2) is 42.5 Å². The Hall–Kier alpha value is -3.22. The molecule has 152 valence electrons. The first-order valence-corrected chi connectivity index (χ1v) is 9.73. The van der Waals surface area contributed by atoms with E-state index in [1.807, 2.05) is 18.2 Å². The molecule has 1 N–H and O–H groups in total. The molecule has 0 aromatic heterocycles. The highest BCUT2D eigenvalue weighted by atomic mass is 16.7.